The number of allylic oxidation sites excluding steroid dienone is 2. The first kappa shape index (κ1) is 15.5. The molecule has 4 heteroatoms. The highest BCUT2D eigenvalue weighted by Crippen LogP contribution is 2.40. The standard InChI is InChI=1S/C18H22O3S/c1-18(10-7-13(8-11-18)5-6-17(19)20)21-15-3-2-4-16-14(15)9-12-22-16/h7-10,12,15H,2-6,11H2,1H3,(H,19,20). The van der Waals surface area contributed by atoms with Crippen LogP contribution in [0.4, 0.5) is 0 Å². The van der Waals surface area contributed by atoms with E-state index in [2.05, 4.69) is 30.5 Å². The van der Waals surface area contributed by atoms with Crippen molar-refractivity contribution in [1.82, 2.24) is 0 Å². The Labute approximate surface area is 135 Å². The Morgan fingerprint density at radius 3 is 3.14 bits per heavy atom. The minimum absolute atomic E-state index is 0.189. The number of carboxylic acid groups (broad SMARTS) is 1. The maximum Gasteiger partial charge on any atom is 0.303 e. The summed E-state index contributed by atoms with van der Waals surface area (Å²) < 4.78 is 6.44. The molecule has 1 heterocycles. The molecule has 3 rings (SSSR count). The van der Waals surface area contributed by atoms with E-state index < -0.39 is 5.97 Å². The molecule has 0 bridgehead atoms. The van der Waals surface area contributed by atoms with Crippen molar-refractivity contribution in [2.75, 3.05) is 0 Å². The summed E-state index contributed by atoms with van der Waals surface area (Å²) in [6.07, 6.45) is 11.5. The minimum Gasteiger partial charge on any atom is -0.481 e. The second-order valence-electron chi connectivity index (χ2n) is 6.32. The van der Waals surface area contributed by atoms with E-state index in [0.717, 1.165) is 18.4 Å². The average molecular weight is 318 g/mol. The van der Waals surface area contributed by atoms with Crippen LogP contribution in [0.25, 0.3) is 0 Å². The van der Waals surface area contributed by atoms with E-state index in [0.29, 0.717) is 6.42 Å². The van der Waals surface area contributed by atoms with E-state index in [1.54, 1.807) is 0 Å². The molecule has 0 spiro atoms. The third-order valence-corrected chi connectivity index (χ3v) is 5.45. The van der Waals surface area contributed by atoms with Gasteiger partial charge in [-0.3, -0.25) is 4.79 Å². The van der Waals surface area contributed by atoms with E-state index in [-0.39, 0.29) is 18.1 Å². The van der Waals surface area contributed by atoms with Crippen molar-refractivity contribution in [3.05, 3.63) is 45.7 Å². The van der Waals surface area contributed by atoms with Crippen LogP contribution in [0.1, 0.15) is 55.6 Å². The Bertz CT molecular complexity index is 614. The zero-order chi connectivity index (χ0) is 15.6. The monoisotopic (exact) mass is 318 g/mol. The summed E-state index contributed by atoms with van der Waals surface area (Å²) in [4.78, 5) is 12.1. The van der Waals surface area contributed by atoms with Gasteiger partial charge in [-0.1, -0.05) is 23.8 Å². The minimum atomic E-state index is -0.744. The van der Waals surface area contributed by atoms with Gasteiger partial charge in [-0.25, -0.2) is 0 Å². The molecular weight excluding hydrogens is 296 g/mol. The number of hydrogen-bond donors (Lipinski definition) is 1. The third-order valence-electron chi connectivity index (χ3n) is 4.46. The van der Waals surface area contributed by atoms with Gasteiger partial charge in [0.1, 0.15) is 0 Å². The van der Waals surface area contributed by atoms with Crippen LogP contribution in [0, 0.1) is 0 Å². The maximum absolute atomic E-state index is 10.6. The molecule has 2 atom stereocenters. The first-order chi connectivity index (χ1) is 10.6. The van der Waals surface area contributed by atoms with Crippen molar-refractivity contribution < 1.29 is 14.6 Å². The van der Waals surface area contributed by atoms with E-state index in [1.165, 1.54) is 23.3 Å². The number of rotatable bonds is 5. The van der Waals surface area contributed by atoms with Crippen LogP contribution < -0.4 is 0 Å². The van der Waals surface area contributed by atoms with Gasteiger partial charge in [0.25, 0.3) is 0 Å². The molecule has 0 amide bonds. The topological polar surface area (TPSA) is 46.5 Å². The molecule has 2 aliphatic carbocycles. The molecule has 2 aliphatic rings. The van der Waals surface area contributed by atoms with E-state index >= 15 is 0 Å². The molecule has 2 unspecified atom stereocenters. The highest BCUT2D eigenvalue weighted by molar-refractivity contribution is 7.10. The molecule has 0 saturated heterocycles. The fourth-order valence-electron chi connectivity index (χ4n) is 3.17. The maximum atomic E-state index is 10.6. The van der Waals surface area contributed by atoms with Crippen LogP contribution in [0.3, 0.4) is 0 Å². The Balaban J connectivity index is 1.63. The van der Waals surface area contributed by atoms with Crippen molar-refractivity contribution in [1.29, 1.82) is 0 Å². The van der Waals surface area contributed by atoms with Crippen LogP contribution in [0.15, 0.2) is 35.2 Å². The largest absolute Gasteiger partial charge is 0.481 e. The average Bonchev–Trinajstić information content (AvgIpc) is 2.96. The third kappa shape index (κ3) is 3.50. The SMILES string of the molecule is CC1(OC2CCCc3sccc32)C=CC(CCC(=O)O)=CC1. The first-order valence-electron chi connectivity index (χ1n) is 7.90. The van der Waals surface area contributed by atoms with Gasteiger partial charge in [0, 0.05) is 11.3 Å². The molecule has 0 aromatic carbocycles. The highest BCUT2D eigenvalue weighted by atomic mass is 32.1. The van der Waals surface area contributed by atoms with Crippen molar-refractivity contribution >= 4 is 17.3 Å². The summed E-state index contributed by atoms with van der Waals surface area (Å²) >= 11 is 1.83. The summed E-state index contributed by atoms with van der Waals surface area (Å²) in [7, 11) is 0. The summed E-state index contributed by atoms with van der Waals surface area (Å²) in [5.41, 5.74) is 2.18. The van der Waals surface area contributed by atoms with Crippen LogP contribution in [0.5, 0.6) is 0 Å². The molecular formula is C18H22O3S. The molecule has 22 heavy (non-hydrogen) atoms. The first-order valence-corrected chi connectivity index (χ1v) is 8.78. The Kier molecular flexibility index (Phi) is 4.50. The number of carbonyl (C=O) groups is 1. The summed E-state index contributed by atoms with van der Waals surface area (Å²) in [5, 5.41) is 10.9. The van der Waals surface area contributed by atoms with Gasteiger partial charge in [-0.05, 0) is 56.0 Å². The lowest BCUT2D eigenvalue weighted by Gasteiger charge is -2.35. The predicted octanol–water partition coefficient (Wildman–Crippen LogP) is 4.65. The number of fused-ring (bicyclic) bond motifs is 1. The Morgan fingerprint density at radius 1 is 1.55 bits per heavy atom. The van der Waals surface area contributed by atoms with Gasteiger partial charge in [-0.2, -0.15) is 0 Å². The van der Waals surface area contributed by atoms with Crippen LogP contribution >= 0.6 is 11.3 Å². The van der Waals surface area contributed by atoms with Crippen LogP contribution in [-0.4, -0.2) is 16.7 Å². The lowest BCUT2D eigenvalue weighted by molar-refractivity contribution is -0.136. The van der Waals surface area contributed by atoms with E-state index in [9.17, 15) is 4.79 Å². The van der Waals surface area contributed by atoms with Crippen molar-refractivity contribution in [3.63, 3.8) is 0 Å². The smallest absolute Gasteiger partial charge is 0.303 e. The Hall–Kier alpha value is -1.39. The zero-order valence-corrected chi connectivity index (χ0v) is 13.7. The normalized spacial score (nSPS) is 27.3. The molecule has 1 aromatic heterocycles. The van der Waals surface area contributed by atoms with Gasteiger partial charge in [0.2, 0.25) is 0 Å². The summed E-state index contributed by atoms with van der Waals surface area (Å²) in [6.45, 7) is 2.12. The number of carboxylic acids is 1. The molecule has 3 nitrogen and oxygen atoms in total. The number of aliphatic carboxylic acids is 1. The molecule has 0 aliphatic heterocycles. The highest BCUT2D eigenvalue weighted by Gasteiger charge is 2.31. The predicted molar refractivity (Wildman–Crippen MR) is 88.2 cm³/mol. The summed E-state index contributed by atoms with van der Waals surface area (Å²) in [6, 6.07) is 2.20. The van der Waals surface area contributed by atoms with Gasteiger partial charge in [0.15, 0.2) is 0 Å². The Morgan fingerprint density at radius 2 is 2.41 bits per heavy atom. The molecule has 0 fully saturated rings. The number of thiophene rings is 1. The zero-order valence-electron chi connectivity index (χ0n) is 12.9. The number of hydrogen-bond acceptors (Lipinski definition) is 3. The van der Waals surface area contributed by atoms with Crippen molar-refractivity contribution in [2.45, 2.75) is 57.2 Å². The van der Waals surface area contributed by atoms with Crippen molar-refractivity contribution in [3.8, 4) is 0 Å². The fraction of sp³-hybridized carbons (Fsp3) is 0.500. The quantitative estimate of drug-likeness (QED) is 0.859. The second kappa shape index (κ2) is 6.39. The molecule has 1 aromatic rings. The molecule has 0 radical (unpaired) electrons. The number of ether oxygens (including phenoxy) is 1. The van der Waals surface area contributed by atoms with E-state index in [4.69, 9.17) is 9.84 Å². The van der Waals surface area contributed by atoms with Gasteiger partial charge >= 0.3 is 5.97 Å². The van der Waals surface area contributed by atoms with Gasteiger partial charge in [0.05, 0.1) is 11.7 Å². The van der Waals surface area contributed by atoms with Crippen molar-refractivity contribution in [2.24, 2.45) is 0 Å². The lowest BCUT2D eigenvalue weighted by atomic mass is 9.90. The van der Waals surface area contributed by atoms with Gasteiger partial charge < -0.3 is 9.84 Å². The number of aryl methyl sites for hydroxylation is 1. The van der Waals surface area contributed by atoms with E-state index in [1.807, 2.05) is 17.4 Å². The van der Waals surface area contributed by atoms with Crippen LogP contribution in [0.2, 0.25) is 0 Å². The summed E-state index contributed by atoms with van der Waals surface area (Å²) in [5.74, 6) is -0.744. The second-order valence-corrected chi connectivity index (χ2v) is 7.32. The van der Waals surface area contributed by atoms with Crippen LogP contribution in [-0.2, 0) is 16.0 Å². The molecule has 118 valence electrons. The molecule has 0 saturated carbocycles. The lowest BCUT2D eigenvalue weighted by Crippen LogP contribution is -2.30. The molecule has 1 N–H and O–H groups in total. The fourth-order valence-corrected chi connectivity index (χ4v) is 4.15. The van der Waals surface area contributed by atoms with Gasteiger partial charge in [-0.15, -0.1) is 11.3 Å².